The lowest BCUT2D eigenvalue weighted by molar-refractivity contribution is 1.05. The van der Waals surface area contributed by atoms with Gasteiger partial charge in [-0.1, -0.05) is 12.5 Å². The lowest BCUT2D eigenvalue weighted by Gasteiger charge is -2.00. The van der Waals surface area contributed by atoms with Gasteiger partial charge in [-0.2, -0.15) is 0 Å². The van der Waals surface area contributed by atoms with Gasteiger partial charge in [-0.05, 0) is 31.4 Å². The Balaban J connectivity index is 2.94. The molecule has 0 radical (unpaired) electrons. The minimum Gasteiger partial charge on any atom is -0.402 e. The van der Waals surface area contributed by atoms with E-state index >= 15 is 0 Å². The van der Waals surface area contributed by atoms with Crippen molar-refractivity contribution in [3.8, 4) is 0 Å². The van der Waals surface area contributed by atoms with E-state index in [0.29, 0.717) is 0 Å². The summed E-state index contributed by atoms with van der Waals surface area (Å²) in [5.41, 5.74) is 11.1. The molecule has 0 aromatic rings. The molecule has 10 heavy (non-hydrogen) atoms. The standard InChI is InChI=1S/C9H15N/c1-4-8-7(3)6(2)5-9(8)10/h4-5,10H2,1-3H3. The third kappa shape index (κ3) is 0.962. The van der Waals surface area contributed by atoms with E-state index in [1.54, 1.807) is 0 Å². The first kappa shape index (κ1) is 7.39. The predicted octanol–water partition coefficient (Wildman–Crippen LogP) is 2.35. The highest BCUT2D eigenvalue weighted by Gasteiger charge is 2.13. The van der Waals surface area contributed by atoms with Crippen LogP contribution in [0.1, 0.15) is 33.6 Å². The van der Waals surface area contributed by atoms with Crippen LogP contribution in [0.25, 0.3) is 0 Å². The topological polar surface area (TPSA) is 26.0 Å². The van der Waals surface area contributed by atoms with Crippen molar-refractivity contribution < 1.29 is 0 Å². The molecule has 0 saturated carbocycles. The molecule has 0 aliphatic heterocycles. The summed E-state index contributed by atoms with van der Waals surface area (Å²) in [7, 11) is 0. The number of rotatable bonds is 1. The summed E-state index contributed by atoms with van der Waals surface area (Å²) in [6, 6.07) is 0. The molecule has 2 N–H and O–H groups in total. The summed E-state index contributed by atoms with van der Waals surface area (Å²) in [6.07, 6.45) is 2.07. The first-order valence-corrected chi connectivity index (χ1v) is 3.81. The molecule has 0 amide bonds. The van der Waals surface area contributed by atoms with Gasteiger partial charge in [0, 0.05) is 12.1 Å². The van der Waals surface area contributed by atoms with E-state index in [2.05, 4.69) is 20.8 Å². The Morgan fingerprint density at radius 3 is 2.20 bits per heavy atom. The largest absolute Gasteiger partial charge is 0.402 e. The van der Waals surface area contributed by atoms with Gasteiger partial charge in [-0.15, -0.1) is 0 Å². The van der Waals surface area contributed by atoms with Gasteiger partial charge in [0.2, 0.25) is 0 Å². The van der Waals surface area contributed by atoms with Gasteiger partial charge in [0.05, 0.1) is 0 Å². The lowest BCUT2D eigenvalue weighted by atomic mass is 10.1. The normalized spacial score (nSPS) is 19.1. The van der Waals surface area contributed by atoms with Crippen molar-refractivity contribution in [2.24, 2.45) is 5.73 Å². The number of hydrogen-bond acceptors (Lipinski definition) is 1. The van der Waals surface area contributed by atoms with Gasteiger partial charge in [0.1, 0.15) is 0 Å². The minimum absolute atomic E-state index is 0.995. The second-order valence-corrected chi connectivity index (χ2v) is 2.94. The monoisotopic (exact) mass is 137 g/mol. The summed E-state index contributed by atoms with van der Waals surface area (Å²) in [5.74, 6) is 0. The zero-order valence-electron chi connectivity index (χ0n) is 6.99. The summed E-state index contributed by atoms with van der Waals surface area (Å²) in [4.78, 5) is 0. The Morgan fingerprint density at radius 2 is 2.00 bits per heavy atom. The lowest BCUT2D eigenvalue weighted by Crippen LogP contribution is -1.96. The van der Waals surface area contributed by atoms with E-state index < -0.39 is 0 Å². The zero-order valence-corrected chi connectivity index (χ0v) is 6.99. The van der Waals surface area contributed by atoms with E-state index in [1.165, 1.54) is 16.7 Å². The molecule has 0 aromatic carbocycles. The minimum atomic E-state index is 0.995. The molecule has 0 aromatic heterocycles. The van der Waals surface area contributed by atoms with Crippen molar-refractivity contribution in [3.63, 3.8) is 0 Å². The van der Waals surface area contributed by atoms with Crippen molar-refractivity contribution >= 4 is 0 Å². The van der Waals surface area contributed by atoms with E-state index in [0.717, 1.165) is 18.5 Å². The first-order chi connectivity index (χ1) is 4.66. The molecule has 1 nitrogen and oxygen atoms in total. The highest BCUT2D eigenvalue weighted by molar-refractivity contribution is 5.43. The van der Waals surface area contributed by atoms with E-state index in [-0.39, 0.29) is 0 Å². The first-order valence-electron chi connectivity index (χ1n) is 3.81. The van der Waals surface area contributed by atoms with Gasteiger partial charge in [0.15, 0.2) is 0 Å². The third-order valence-electron chi connectivity index (χ3n) is 2.29. The number of hydrogen-bond donors (Lipinski definition) is 1. The maximum Gasteiger partial charge on any atom is 0.0157 e. The van der Waals surface area contributed by atoms with Crippen LogP contribution in [-0.2, 0) is 0 Å². The molecular formula is C9H15N. The second-order valence-electron chi connectivity index (χ2n) is 2.94. The highest BCUT2D eigenvalue weighted by atomic mass is 14.6. The van der Waals surface area contributed by atoms with Gasteiger partial charge >= 0.3 is 0 Å². The maximum absolute atomic E-state index is 5.81. The predicted molar refractivity (Wildman–Crippen MR) is 44.5 cm³/mol. The molecule has 1 heteroatoms. The Kier molecular flexibility index (Phi) is 1.84. The molecule has 56 valence electrons. The molecule has 0 saturated heterocycles. The van der Waals surface area contributed by atoms with Gasteiger partial charge in [-0.3, -0.25) is 0 Å². The summed E-state index contributed by atoms with van der Waals surface area (Å²) >= 11 is 0. The van der Waals surface area contributed by atoms with Crippen molar-refractivity contribution in [2.45, 2.75) is 33.6 Å². The van der Waals surface area contributed by atoms with Crippen LogP contribution in [0.2, 0.25) is 0 Å². The molecule has 0 atom stereocenters. The smallest absolute Gasteiger partial charge is 0.0157 e. The fourth-order valence-corrected chi connectivity index (χ4v) is 1.52. The Labute approximate surface area is 62.6 Å². The highest BCUT2D eigenvalue weighted by Crippen LogP contribution is 2.30. The van der Waals surface area contributed by atoms with Crippen LogP contribution in [0.15, 0.2) is 22.4 Å². The van der Waals surface area contributed by atoms with Crippen molar-refractivity contribution in [1.82, 2.24) is 0 Å². The molecule has 1 aliphatic carbocycles. The fourth-order valence-electron chi connectivity index (χ4n) is 1.52. The Bertz CT molecular complexity index is 209. The summed E-state index contributed by atoms with van der Waals surface area (Å²) in [5, 5.41) is 0. The SMILES string of the molecule is CCC1=C(N)CC(C)=C1C. The van der Waals surface area contributed by atoms with Crippen LogP contribution < -0.4 is 5.73 Å². The maximum atomic E-state index is 5.81. The molecule has 0 fully saturated rings. The van der Waals surface area contributed by atoms with Crippen LogP contribution in [0.4, 0.5) is 0 Å². The van der Waals surface area contributed by atoms with Crippen LogP contribution in [0.3, 0.4) is 0 Å². The molecule has 1 aliphatic rings. The van der Waals surface area contributed by atoms with Crippen LogP contribution in [0, 0.1) is 0 Å². The molecule has 1 rings (SSSR count). The number of allylic oxidation sites excluding steroid dienone is 3. The average molecular weight is 137 g/mol. The van der Waals surface area contributed by atoms with Crippen molar-refractivity contribution in [1.29, 1.82) is 0 Å². The van der Waals surface area contributed by atoms with Crippen LogP contribution >= 0.6 is 0 Å². The Hall–Kier alpha value is -0.720. The molecular weight excluding hydrogens is 122 g/mol. The van der Waals surface area contributed by atoms with Crippen LogP contribution in [-0.4, -0.2) is 0 Å². The Morgan fingerprint density at radius 1 is 1.40 bits per heavy atom. The average Bonchev–Trinajstić information content (AvgIpc) is 2.09. The quantitative estimate of drug-likeness (QED) is 0.590. The summed E-state index contributed by atoms with van der Waals surface area (Å²) < 4.78 is 0. The number of nitrogens with two attached hydrogens (primary N) is 1. The fraction of sp³-hybridized carbons (Fsp3) is 0.556. The van der Waals surface area contributed by atoms with E-state index in [4.69, 9.17) is 5.73 Å². The van der Waals surface area contributed by atoms with Gasteiger partial charge in [0.25, 0.3) is 0 Å². The zero-order chi connectivity index (χ0) is 7.72. The molecule has 0 bridgehead atoms. The molecule has 0 spiro atoms. The summed E-state index contributed by atoms with van der Waals surface area (Å²) in [6.45, 7) is 6.48. The van der Waals surface area contributed by atoms with Gasteiger partial charge in [-0.25, -0.2) is 0 Å². The van der Waals surface area contributed by atoms with E-state index in [1.807, 2.05) is 0 Å². The van der Waals surface area contributed by atoms with Crippen molar-refractivity contribution in [3.05, 3.63) is 22.4 Å². The third-order valence-corrected chi connectivity index (χ3v) is 2.29. The van der Waals surface area contributed by atoms with E-state index in [9.17, 15) is 0 Å². The van der Waals surface area contributed by atoms with Gasteiger partial charge < -0.3 is 5.73 Å². The van der Waals surface area contributed by atoms with Crippen molar-refractivity contribution in [2.75, 3.05) is 0 Å². The van der Waals surface area contributed by atoms with Crippen LogP contribution in [0.5, 0.6) is 0 Å². The molecule has 0 unspecified atom stereocenters. The molecule has 0 heterocycles. The second kappa shape index (κ2) is 2.49.